The van der Waals surface area contributed by atoms with Gasteiger partial charge in [0.05, 0.1) is 12.1 Å². The molecule has 1 heterocycles. The molecule has 3 aromatic carbocycles. The second-order valence-electron chi connectivity index (χ2n) is 6.66. The number of fused-ring (bicyclic) bond motifs is 2. The summed E-state index contributed by atoms with van der Waals surface area (Å²) in [5.41, 5.74) is 2.81. The van der Waals surface area contributed by atoms with Gasteiger partial charge in [0.25, 0.3) is 0 Å². The number of aryl methyl sites for hydroxylation is 2. The first-order chi connectivity index (χ1) is 13.1. The monoisotopic (exact) mass is 360 g/mol. The number of hydrogen-bond donors (Lipinski definition) is 1. The molecule has 4 aromatic rings. The molecule has 0 aliphatic rings. The van der Waals surface area contributed by atoms with Crippen molar-refractivity contribution in [2.75, 3.05) is 6.61 Å². The van der Waals surface area contributed by atoms with Gasteiger partial charge in [0.1, 0.15) is 12.4 Å². The standard InChI is InChI=1S/C22H20N2O3/c1-14-10-11-15(2)21-19(14)20(23-26)22(25)24(21)12-13-27-18-9-5-7-16-6-3-4-8-17(16)18/h3-11,25H,12-13H2,1-2H3. The predicted octanol–water partition coefficient (Wildman–Crippen LogP) is 5.59. The first-order valence-corrected chi connectivity index (χ1v) is 8.87. The Morgan fingerprint density at radius 2 is 1.74 bits per heavy atom. The summed E-state index contributed by atoms with van der Waals surface area (Å²) in [6.07, 6.45) is 0. The Balaban J connectivity index is 1.67. The van der Waals surface area contributed by atoms with Crippen molar-refractivity contribution in [3.63, 3.8) is 0 Å². The minimum Gasteiger partial charge on any atom is -0.493 e. The van der Waals surface area contributed by atoms with Crippen LogP contribution in [0.25, 0.3) is 21.7 Å². The maximum atomic E-state index is 11.3. The maximum absolute atomic E-state index is 11.3. The molecule has 0 radical (unpaired) electrons. The molecule has 5 heteroatoms. The highest BCUT2D eigenvalue weighted by atomic mass is 16.5. The van der Waals surface area contributed by atoms with E-state index >= 15 is 0 Å². The third kappa shape index (κ3) is 2.81. The number of hydrogen-bond acceptors (Lipinski definition) is 4. The molecule has 0 saturated heterocycles. The van der Waals surface area contributed by atoms with Crippen molar-refractivity contribution in [1.29, 1.82) is 0 Å². The number of benzene rings is 3. The first kappa shape index (κ1) is 17.1. The third-order valence-electron chi connectivity index (χ3n) is 4.98. The van der Waals surface area contributed by atoms with Crippen molar-refractivity contribution in [1.82, 2.24) is 4.57 Å². The first-order valence-electron chi connectivity index (χ1n) is 8.87. The van der Waals surface area contributed by atoms with Crippen LogP contribution in [0.4, 0.5) is 5.69 Å². The van der Waals surface area contributed by atoms with Crippen LogP contribution < -0.4 is 4.74 Å². The van der Waals surface area contributed by atoms with E-state index < -0.39 is 0 Å². The van der Waals surface area contributed by atoms with Crippen molar-refractivity contribution in [3.05, 3.63) is 70.6 Å². The highest BCUT2D eigenvalue weighted by Crippen LogP contribution is 2.41. The zero-order valence-corrected chi connectivity index (χ0v) is 15.3. The summed E-state index contributed by atoms with van der Waals surface area (Å²) in [7, 11) is 0. The lowest BCUT2D eigenvalue weighted by Crippen LogP contribution is -2.08. The molecule has 0 spiro atoms. The van der Waals surface area contributed by atoms with E-state index in [0.29, 0.717) is 18.5 Å². The smallest absolute Gasteiger partial charge is 0.222 e. The summed E-state index contributed by atoms with van der Waals surface area (Å²) in [5, 5.41) is 16.5. The second kappa shape index (κ2) is 6.76. The summed E-state index contributed by atoms with van der Waals surface area (Å²) < 4.78 is 7.71. The Morgan fingerprint density at radius 1 is 1.00 bits per heavy atom. The molecule has 27 heavy (non-hydrogen) atoms. The molecule has 5 nitrogen and oxygen atoms in total. The Labute approximate surface area is 156 Å². The Kier molecular flexibility index (Phi) is 4.28. The van der Waals surface area contributed by atoms with E-state index in [0.717, 1.165) is 33.2 Å². The molecule has 1 N–H and O–H groups in total. The second-order valence-corrected chi connectivity index (χ2v) is 6.66. The van der Waals surface area contributed by atoms with Gasteiger partial charge in [-0.2, -0.15) is 0 Å². The van der Waals surface area contributed by atoms with Crippen LogP contribution in [0.1, 0.15) is 11.1 Å². The van der Waals surface area contributed by atoms with Crippen molar-refractivity contribution in [2.45, 2.75) is 20.4 Å². The van der Waals surface area contributed by atoms with Crippen LogP contribution in [-0.4, -0.2) is 16.3 Å². The van der Waals surface area contributed by atoms with E-state index in [-0.39, 0.29) is 11.6 Å². The van der Waals surface area contributed by atoms with Crippen molar-refractivity contribution in [2.24, 2.45) is 5.18 Å². The van der Waals surface area contributed by atoms with E-state index in [1.54, 1.807) is 4.57 Å². The molecule has 0 unspecified atom stereocenters. The van der Waals surface area contributed by atoms with Crippen molar-refractivity contribution in [3.8, 4) is 11.6 Å². The van der Waals surface area contributed by atoms with Crippen LogP contribution in [0.5, 0.6) is 11.6 Å². The van der Waals surface area contributed by atoms with Gasteiger partial charge >= 0.3 is 0 Å². The van der Waals surface area contributed by atoms with Crippen molar-refractivity contribution < 1.29 is 9.84 Å². The molecule has 136 valence electrons. The number of nitrogens with zero attached hydrogens (tertiary/aromatic N) is 2. The lowest BCUT2D eigenvalue weighted by molar-refractivity contribution is 0.293. The summed E-state index contributed by atoms with van der Waals surface area (Å²) >= 11 is 0. The largest absolute Gasteiger partial charge is 0.493 e. The van der Waals surface area contributed by atoms with Gasteiger partial charge in [-0.05, 0) is 41.6 Å². The van der Waals surface area contributed by atoms with E-state index in [9.17, 15) is 10.0 Å². The van der Waals surface area contributed by atoms with E-state index in [1.807, 2.05) is 68.4 Å². The average molecular weight is 360 g/mol. The van der Waals surface area contributed by atoms with Gasteiger partial charge < -0.3 is 14.4 Å². The van der Waals surface area contributed by atoms with Crippen LogP contribution in [0.3, 0.4) is 0 Å². The van der Waals surface area contributed by atoms with Gasteiger partial charge in [-0.3, -0.25) is 0 Å². The minimum absolute atomic E-state index is 0.0939. The summed E-state index contributed by atoms with van der Waals surface area (Å²) in [6, 6.07) is 17.9. The molecule has 0 amide bonds. The van der Waals surface area contributed by atoms with Gasteiger partial charge in [0.15, 0.2) is 5.69 Å². The summed E-state index contributed by atoms with van der Waals surface area (Å²) in [6.45, 7) is 4.63. The number of ether oxygens (including phenoxy) is 1. The van der Waals surface area contributed by atoms with Gasteiger partial charge in [-0.15, -0.1) is 4.91 Å². The SMILES string of the molecule is Cc1ccc(C)c2c1c(N=O)c(O)n2CCOc1cccc2ccccc12. The number of rotatable bonds is 5. The third-order valence-corrected chi connectivity index (χ3v) is 4.98. The normalized spacial score (nSPS) is 11.2. The highest BCUT2D eigenvalue weighted by Gasteiger charge is 2.20. The molecule has 0 aliphatic heterocycles. The average Bonchev–Trinajstić information content (AvgIpc) is 2.98. The molecule has 0 aliphatic carbocycles. The van der Waals surface area contributed by atoms with Crippen LogP contribution in [-0.2, 0) is 6.54 Å². The molecule has 1 aromatic heterocycles. The van der Waals surface area contributed by atoms with Crippen LogP contribution in [0, 0.1) is 18.8 Å². The molecule has 0 atom stereocenters. The van der Waals surface area contributed by atoms with Gasteiger partial charge in [0.2, 0.25) is 5.88 Å². The quantitative estimate of drug-likeness (QED) is 0.472. The predicted molar refractivity (Wildman–Crippen MR) is 108 cm³/mol. The van der Waals surface area contributed by atoms with Crippen LogP contribution in [0.15, 0.2) is 59.8 Å². The highest BCUT2D eigenvalue weighted by molar-refractivity contribution is 5.99. The Bertz CT molecular complexity index is 1160. The Morgan fingerprint density at radius 3 is 2.56 bits per heavy atom. The fraction of sp³-hybridized carbons (Fsp3) is 0.182. The fourth-order valence-corrected chi connectivity index (χ4v) is 3.66. The number of aromatic nitrogens is 1. The van der Waals surface area contributed by atoms with E-state index in [4.69, 9.17) is 4.74 Å². The molecule has 4 rings (SSSR count). The summed E-state index contributed by atoms with van der Waals surface area (Å²) in [5.74, 6) is 0.685. The van der Waals surface area contributed by atoms with E-state index in [1.165, 1.54) is 0 Å². The molecule has 0 saturated carbocycles. The molecule has 0 bridgehead atoms. The number of nitroso groups, excluding NO2 is 1. The van der Waals surface area contributed by atoms with Crippen LogP contribution in [0.2, 0.25) is 0 Å². The Hall–Kier alpha value is -3.34. The van der Waals surface area contributed by atoms with Crippen molar-refractivity contribution >= 4 is 27.4 Å². The molecular weight excluding hydrogens is 340 g/mol. The van der Waals surface area contributed by atoms with Crippen LogP contribution >= 0.6 is 0 Å². The lowest BCUT2D eigenvalue weighted by atomic mass is 10.1. The van der Waals surface area contributed by atoms with Gasteiger partial charge in [-0.1, -0.05) is 48.5 Å². The lowest BCUT2D eigenvalue weighted by Gasteiger charge is -2.12. The maximum Gasteiger partial charge on any atom is 0.222 e. The number of aromatic hydroxyl groups is 1. The molecular formula is C22H20N2O3. The van der Waals surface area contributed by atoms with E-state index in [2.05, 4.69) is 5.18 Å². The van der Waals surface area contributed by atoms with Gasteiger partial charge in [-0.25, -0.2) is 0 Å². The van der Waals surface area contributed by atoms with Gasteiger partial charge in [0, 0.05) is 10.8 Å². The zero-order chi connectivity index (χ0) is 19.0. The molecule has 0 fully saturated rings. The fourth-order valence-electron chi connectivity index (χ4n) is 3.66. The minimum atomic E-state index is -0.112. The topological polar surface area (TPSA) is 63.8 Å². The summed E-state index contributed by atoms with van der Waals surface area (Å²) in [4.78, 5) is 11.3. The zero-order valence-electron chi connectivity index (χ0n) is 15.3.